The van der Waals surface area contributed by atoms with Crippen LogP contribution >= 0.6 is 0 Å². The molecule has 9 nitrogen and oxygen atoms in total. The largest absolute Gasteiger partial charge is 0.497 e. The quantitative estimate of drug-likeness (QED) is 0.187. The number of esters is 1. The molecule has 3 aromatic rings. The van der Waals surface area contributed by atoms with Crippen LogP contribution in [0.4, 0.5) is 4.79 Å². The van der Waals surface area contributed by atoms with E-state index in [2.05, 4.69) is 29.6 Å². The van der Waals surface area contributed by atoms with Crippen molar-refractivity contribution in [2.45, 2.75) is 58.6 Å². The second-order valence-corrected chi connectivity index (χ2v) is 11.6. The summed E-state index contributed by atoms with van der Waals surface area (Å²) in [5.41, 5.74) is 4.38. The predicted octanol–water partition coefficient (Wildman–Crippen LogP) is 6.08. The third kappa shape index (κ3) is 8.52. The van der Waals surface area contributed by atoms with Crippen molar-refractivity contribution in [3.8, 4) is 22.6 Å². The Morgan fingerprint density at radius 1 is 0.932 bits per heavy atom. The predicted molar refractivity (Wildman–Crippen MR) is 168 cm³/mol. The average molecular weight is 603 g/mol. The van der Waals surface area contributed by atoms with Crippen molar-refractivity contribution in [3.05, 3.63) is 83.4 Å². The van der Waals surface area contributed by atoms with E-state index < -0.39 is 17.7 Å². The Hall–Kier alpha value is -4.53. The molecule has 0 bridgehead atoms. The third-order valence-corrected chi connectivity index (χ3v) is 7.15. The van der Waals surface area contributed by atoms with Crippen LogP contribution in [-0.4, -0.2) is 61.9 Å². The minimum Gasteiger partial charge on any atom is -0.497 e. The zero-order valence-electron chi connectivity index (χ0n) is 26.2. The van der Waals surface area contributed by atoms with Crippen LogP contribution in [-0.2, 0) is 25.6 Å². The zero-order valence-corrected chi connectivity index (χ0v) is 26.2. The van der Waals surface area contributed by atoms with E-state index in [1.165, 1.54) is 4.90 Å². The van der Waals surface area contributed by atoms with Gasteiger partial charge in [-0.1, -0.05) is 48.5 Å². The summed E-state index contributed by atoms with van der Waals surface area (Å²) in [5.74, 6) is 0.345. The molecule has 0 saturated carbocycles. The number of amides is 2. The lowest BCUT2D eigenvalue weighted by molar-refractivity contribution is -0.155. The Labute approximate surface area is 259 Å². The molecule has 1 N–H and O–H groups in total. The van der Waals surface area contributed by atoms with Crippen molar-refractivity contribution in [3.63, 3.8) is 0 Å². The molecule has 0 heterocycles. The van der Waals surface area contributed by atoms with E-state index in [9.17, 15) is 14.4 Å². The van der Waals surface area contributed by atoms with Gasteiger partial charge in [-0.3, -0.25) is 14.5 Å². The molecule has 4 rings (SSSR count). The van der Waals surface area contributed by atoms with E-state index >= 15 is 0 Å². The first-order chi connectivity index (χ1) is 21.1. The first-order valence-electron chi connectivity index (χ1n) is 15.0. The van der Waals surface area contributed by atoms with Gasteiger partial charge >= 0.3 is 12.1 Å². The van der Waals surface area contributed by atoms with E-state index in [4.69, 9.17) is 18.9 Å². The summed E-state index contributed by atoms with van der Waals surface area (Å²) in [5, 5.41) is 2.77. The van der Waals surface area contributed by atoms with Gasteiger partial charge in [-0.25, -0.2) is 4.79 Å². The molecule has 3 aromatic carbocycles. The minimum absolute atomic E-state index is 0.0333. The lowest BCUT2D eigenvalue weighted by atomic mass is 9.98. The van der Waals surface area contributed by atoms with Gasteiger partial charge in [0.2, 0.25) is 5.91 Å². The monoisotopic (exact) mass is 602 g/mol. The average Bonchev–Trinajstić information content (AvgIpc) is 3.31. The number of methoxy groups -OCH3 is 1. The fourth-order valence-electron chi connectivity index (χ4n) is 5.23. The number of hydrogen-bond acceptors (Lipinski definition) is 7. The lowest BCUT2D eigenvalue weighted by Gasteiger charge is -2.26. The van der Waals surface area contributed by atoms with Crippen LogP contribution in [0.15, 0.2) is 66.7 Å². The molecule has 0 aromatic heterocycles. The molecular formula is C35H42N2O7. The molecule has 0 saturated heterocycles. The van der Waals surface area contributed by atoms with Crippen LogP contribution in [0.2, 0.25) is 0 Å². The molecule has 0 spiro atoms. The van der Waals surface area contributed by atoms with Crippen molar-refractivity contribution in [2.75, 3.05) is 33.4 Å². The summed E-state index contributed by atoms with van der Waals surface area (Å²) in [6, 6.07) is 21.5. The molecule has 2 amide bonds. The van der Waals surface area contributed by atoms with Gasteiger partial charge in [-0.15, -0.1) is 0 Å². The number of fused-ring (bicyclic) bond motifs is 3. The van der Waals surface area contributed by atoms with Crippen LogP contribution in [0, 0.1) is 0 Å². The van der Waals surface area contributed by atoms with Gasteiger partial charge in [-0.05, 0) is 68.5 Å². The van der Waals surface area contributed by atoms with Gasteiger partial charge < -0.3 is 24.3 Å². The molecule has 44 heavy (non-hydrogen) atoms. The normalized spacial score (nSPS) is 12.1. The zero-order chi connectivity index (χ0) is 31.7. The molecule has 9 heteroatoms. The molecule has 0 unspecified atom stereocenters. The number of ether oxygens (including phenoxy) is 4. The van der Waals surface area contributed by atoms with E-state index in [1.54, 1.807) is 46.1 Å². The maximum absolute atomic E-state index is 13.6. The fourth-order valence-corrected chi connectivity index (χ4v) is 5.23. The number of hydrogen-bond donors (Lipinski definition) is 1. The van der Waals surface area contributed by atoms with E-state index in [0.29, 0.717) is 36.4 Å². The highest BCUT2D eigenvalue weighted by Gasteiger charge is 2.31. The Kier molecular flexibility index (Phi) is 10.9. The van der Waals surface area contributed by atoms with Crippen LogP contribution in [0.5, 0.6) is 11.5 Å². The van der Waals surface area contributed by atoms with Crippen molar-refractivity contribution in [2.24, 2.45) is 0 Å². The van der Waals surface area contributed by atoms with Crippen LogP contribution in [0.3, 0.4) is 0 Å². The van der Waals surface area contributed by atoms with Gasteiger partial charge in [-0.2, -0.15) is 0 Å². The summed E-state index contributed by atoms with van der Waals surface area (Å²) in [6.07, 6.45) is 0.199. The number of carbonyl (C=O) groups excluding carboxylic acids is 3. The molecule has 1 aliphatic rings. The van der Waals surface area contributed by atoms with E-state index in [-0.39, 0.29) is 38.1 Å². The second-order valence-electron chi connectivity index (χ2n) is 11.6. The molecule has 234 valence electrons. The standard InChI is InChI=1S/C35H42N2O7/c1-6-36-32(38)16-11-19-42-31-20-25(41-5)18-17-24(31)21-37(22-33(39)44-35(2,3)4)34(40)43-23-30-28-14-9-7-12-26(28)27-13-8-10-15-29(27)30/h7-10,12-15,17-18,20,30H,6,11,16,19,21-23H2,1-5H3,(H,36,38). The third-order valence-electron chi connectivity index (χ3n) is 7.15. The van der Waals surface area contributed by atoms with Crippen LogP contribution in [0.1, 0.15) is 63.1 Å². The van der Waals surface area contributed by atoms with Crippen molar-refractivity contribution >= 4 is 18.0 Å². The summed E-state index contributed by atoms with van der Waals surface area (Å²) in [4.78, 5) is 39.7. The topological polar surface area (TPSA) is 103 Å². The van der Waals surface area contributed by atoms with Gasteiger partial charge in [0.1, 0.15) is 30.3 Å². The molecule has 0 fully saturated rings. The Bertz CT molecular complexity index is 1420. The highest BCUT2D eigenvalue weighted by atomic mass is 16.6. The van der Waals surface area contributed by atoms with Gasteiger partial charge in [0.25, 0.3) is 0 Å². The number of benzene rings is 3. The van der Waals surface area contributed by atoms with Crippen LogP contribution in [0.25, 0.3) is 11.1 Å². The first kappa shape index (κ1) is 32.4. The second kappa shape index (κ2) is 14.8. The Morgan fingerprint density at radius 3 is 2.20 bits per heavy atom. The van der Waals surface area contributed by atoms with Gasteiger partial charge in [0.15, 0.2) is 0 Å². The highest BCUT2D eigenvalue weighted by Crippen LogP contribution is 2.44. The number of rotatable bonds is 13. The summed E-state index contributed by atoms with van der Waals surface area (Å²) in [6.45, 7) is 7.90. The molecule has 0 atom stereocenters. The minimum atomic E-state index is -0.720. The van der Waals surface area contributed by atoms with E-state index in [0.717, 1.165) is 22.3 Å². The lowest BCUT2D eigenvalue weighted by Crippen LogP contribution is -2.39. The molecular weight excluding hydrogens is 560 g/mol. The molecule has 0 radical (unpaired) electrons. The summed E-state index contributed by atoms with van der Waals surface area (Å²) < 4.78 is 22.9. The van der Waals surface area contributed by atoms with Crippen LogP contribution < -0.4 is 14.8 Å². The SMILES string of the molecule is CCNC(=O)CCCOc1cc(OC)ccc1CN(CC(=O)OC(C)(C)C)C(=O)OCC1c2ccccc2-c2ccccc21. The number of carbonyl (C=O) groups is 3. The maximum atomic E-state index is 13.6. The number of nitrogens with one attached hydrogen (secondary N) is 1. The Balaban J connectivity index is 1.52. The summed E-state index contributed by atoms with van der Waals surface area (Å²) >= 11 is 0. The smallest absolute Gasteiger partial charge is 0.410 e. The van der Waals surface area contributed by atoms with Gasteiger partial charge in [0, 0.05) is 30.5 Å². The van der Waals surface area contributed by atoms with Crippen molar-refractivity contribution < 1.29 is 33.3 Å². The van der Waals surface area contributed by atoms with Gasteiger partial charge in [0.05, 0.1) is 20.3 Å². The molecule has 0 aliphatic heterocycles. The fraction of sp³-hybridized carbons (Fsp3) is 0.400. The molecule has 1 aliphatic carbocycles. The van der Waals surface area contributed by atoms with E-state index in [1.807, 2.05) is 31.2 Å². The van der Waals surface area contributed by atoms with Crippen molar-refractivity contribution in [1.29, 1.82) is 0 Å². The summed E-state index contributed by atoms with van der Waals surface area (Å²) in [7, 11) is 1.55. The number of nitrogens with zero attached hydrogens (tertiary/aromatic N) is 1. The highest BCUT2D eigenvalue weighted by molar-refractivity contribution is 5.80. The first-order valence-corrected chi connectivity index (χ1v) is 15.0. The Morgan fingerprint density at radius 2 is 1.59 bits per heavy atom. The van der Waals surface area contributed by atoms with Crippen molar-refractivity contribution in [1.82, 2.24) is 10.2 Å². The maximum Gasteiger partial charge on any atom is 0.410 e.